The first-order valence-electron chi connectivity index (χ1n) is 5.34. The number of nitrogens with two attached hydrogens (primary N) is 1. The molecule has 0 aliphatic carbocycles. The van der Waals surface area contributed by atoms with Gasteiger partial charge < -0.3 is 15.7 Å². The minimum absolute atomic E-state index is 0.00259. The lowest BCUT2D eigenvalue weighted by atomic mass is 9.98. The third-order valence-electron chi connectivity index (χ3n) is 2.78. The zero-order valence-corrected chi connectivity index (χ0v) is 8.78. The van der Waals surface area contributed by atoms with E-state index in [2.05, 4.69) is 0 Å². The van der Waals surface area contributed by atoms with Crippen LogP contribution in [0, 0.1) is 0 Å². The van der Waals surface area contributed by atoms with Crippen molar-refractivity contribution in [3.8, 4) is 0 Å². The molecule has 1 saturated heterocycles. The first-order valence-corrected chi connectivity index (χ1v) is 5.34. The Kier molecular flexibility index (Phi) is 4.35. The smallest absolute Gasteiger partial charge is 0.224 e. The molecule has 82 valence electrons. The Morgan fingerprint density at radius 1 is 1.64 bits per heavy atom. The lowest BCUT2D eigenvalue weighted by Gasteiger charge is -2.37. The van der Waals surface area contributed by atoms with E-state index >= 15 is 0 Å². The van der Waals surface area contributed by atoms with Crippen LogP contribution in [-0.4, -0.2) is 41.1 Å². The first kappa shape index (κ1) is 11.5. The summed E-state index contributed by atoms with van der Waals surface area (Å²) in [5.41, 5.74) is 5.35. The van der Waals surface area contributed by atoms with Gasteiger partial charge in [0.1, 0.15) is 0 Å². The highest BCUT2D eigenvalue weighted by atomic mass is 16.3. The summed E-state index contributed by atoms with van der Waals surface area (Å²) in [5.74, 6) is 0.0816. The highest BCUT2D eigenvalue weighted by Gasteiger charge is 2.28. The van der Waals surface area contributed by atoms with Crippen LogP contribution in [0.25, 0.3) is 0 Å². The summed E-state index contributed by atoms with van der Waals surface area (Å²) in [5, 5.41) is 9.54. The average molecular weight is 200 g/mol. The number of carbonyl (C=O) groups is 1. The van der Waals surface area contributed by atoms with Gasteiger partial charge in [0.05, 0.1) is 12.1 Å². The molecule has 2 unspecified atom stereocenters. The highest BCUT2D eigenvalue weighted by molar-refractivity contribution is 5.76. The summed E-state index contributed by atoms with van der Waals surface area (Å²) in [6.07, 6.45) is 3.01. The number of piperidine rings is 1. The monoisotopic (exact) mass is 200 g/mol. The predicted octanol–water partition coefficient (Wildman–Crippen LogP) is 0.0971. The molecule has 0 radical (unpaired) electrons. The standard InChI is InChI=1S/C10H20N2O2/c1-8(13)9-4-2-3-7-12(9)10(14)5-6-11/h8-9,13H,2-7,11H2,1H3. The van der Waals surface area contributed by atoms with Gasteiger partial charge in [-0.15, -0.1) is 0 Å². The van der Waals surface area contributed by atoms with Gasteiger partial charge in [0.15, 0.2) is 0 Å². The summed E-state index contributed by atoms with van der Waals surface area (Å²) in [6, 6.07) is 0.00259. The fourth-order valence-electron chi connectivity index (χ4n) is 2.04. The van der Waals surface area contributed by atoms with Gasteiger partial charge in [-0.2, -0.15) is 0 Å². The Morgan fingerprint density at radius 3 is 2.93 bits per heavy atom. The summed E-state index contributed by atoms with van der Waals surface area (Å²) in [4.78, 5) is 13.4. The van der Waals surface area contributed by atoms with Crippen molar-refractivity contribution in [3.05, 3.63) is 0 Å². The van der Waals surface area contributed by atoms with Crippen LogP contribution in [0.3, 0.4) is 0 Å². The van der Waals surface area contributed by atoms with Crippen LogP contribution in [-0.2, 0) is 4.79 Å². The van der Waals surface area contributed by atoms with Crippen molar-refractivity contribution in [2.45, 2.75) is 44.8 Å². The van der Waals surface area contributed by atoms with E-state index in [1.54, 1.807) is 11.8 Å². The summed E-state index contributed by atoms with van der Waals surface area (Å²) in [6.45, 7) is 2.91. The third-order valence-corrected chi connectivity index (χ3v) is 2.78. The number of aliphatic hydroxyl groups excluding tert-OH is 1. The summed E-state index contributed by atoms with van der Waals surface area (Å²) < 4.78 is 0. The largest absolute Gasteiger partial charge is 0.391 e. The average Bonchev–Trinajstić information content (AvgIpc) is 2.18. The molecule has 4 heteroatoms. The molecule has 1 heterocycles. The molecule has 1 aliphatic rings. The van der Waals surface area contributed by atoms with Gasteiger partial charge in [-0.05, 0) is 26.2 Å². The van der Waals surface area contributed by atoms with Crippen molar-refractivity contribution in [1.29, 1.82) is 0 Å². The van der Waals surface area contributed by atoms with Crippen molar-refractivity contribution in [1.82, 2.24) is 4.90 Å². The maximum atomic E-state index is 11.6. The predicted molar refractivity (Wildman–Crippen MR) is 54.7 cm³/mol. The Labute approximate surface area is 85.1 Å². The lowest BCUT2D eigenvalue weighted by molar-refractivity contribution is -0.137. The molecule has 1 aliphatic heterocycles. The Hall–Kier alpha value is -0.610. The maximum Gasteiger partial charge on any atom is 0.224 e. The van der Waals surface area contributed by atoms with Crippen LogP contribution < -0.4 is 5.73 Å². The third kappa shape index (κ3) is 2.69. The maximum absolute atomic E-state index is 11.6. The van der Waals surface area contributed by atoms with Crippen LogP contribution in [0.5, 0.6) is 0 Å². The van der Waals surface area contributed by atoms with Crippen molar-refractivity contribution < 1.29 is 9.90 Å². The van der Waals surface area contributed by atoms with Crippen LogP contribution in [0.15, 0.2) is 0 Å². The molecule has 0 aromatic carbocycles. The molecular formula is C10H20N2O2. The zero-order chi connectivity index (χ0) is 10.6. The Morgan fingerprint density at radius 2 is 2.36 bits per heavy atom. The number of carbonyl (C=O) groups excluding carboxylic acids is 1. The fraction of sp³-hybridized carbons (Fsp3) is 0.900. The second-order valence-corrected chi connectivity index (χ2v) is 3.93. The van der Waals surface area contributed by atoms with E-state index in [9.17, 15) is 9.90 Å². The molecule has 1 amide bonds. The Bertz CT molecular complexity index is 195. The number of rotatable bonds is 3. The van der Waals surface area contributed by atoms with Gasteiger partial charge in [0, 0.05) is 19.5 Å². The number of hydrogen-bond acceptors (Lipinski definition) is 3. The fourth-order valence-corrected chi connectivity index (χ4v) is 2.04. The Balaban J connectivity index is 2.57. The van der Waals surface area contributed by atoms with Gasteiger partial charge in [0.25, 0.3) is 0 Å². The molecule has 14 heavy (non-hydrogen) atoms. The van der Waals surface area contributed by atoms with Crippen molar-refractivity contribution in [2.24, 2.45) is 5.73 Å². The minimum Gasteiger partial charge on any atom is -0.391 e. The van der Waals surface area contributed by atoms with Crippen LogP contribution in [0.2, 0.25) is 0 Å². The van der Waals surface area contributed by atoms with Crippen LogP contribution in [0.4, 0.5) is 0 Å². The summed E-state index contributed by atoms with van der Waals surface area (Å²) in [7, 11) is 0. The molecule has 0 aromatic heterocycles. The van der Waals surface area contributed by atoms with Crippen molar-refractivity contribution >= 4 is 5.91 Å². The van der Waals surface area contributed by atoms with E-state index in [4.69, 9.17) is 5.73 Å². The van der Waals surface area contributed by atoms with E-state index in [0.29, 0.717) is 13.0 Å². The molecule has 1 rings (SSSR count). The normalized spacial score (nSPS) is 24.8. The minimum atomic E-state index is -0.433. The number of nitrogens with zero attached hydrogens (tertiary/aromatic N) is 1. The molecule has 0 aromatic rings. The summed E-state index contributed by atoms with van der Waals surface area (Å²) >= 11 is 0. The van der Waals surface area contributed by atoms with E-state index < -0.39 is 6.10 Å². The lowest BCUT2D eigenvalue weighted by Crippen LogP contribution is -2.49. The van der Waals surface area contributed by atoms with Crippen LogP contribution in [0.1, 0.15) is 32.6 Å². The number of amides is 1. The van der Waals surface area contributed by atoms with E-state index in [1.807, 2.05) is 0 Å². The van der Waals surface area contributed by atoms with Gasteiger partial charge in [0.2, 0.25) is 5.91 Å². The molecular weight excluding hydrogens is 180 g/mol. The van der Waals surface area contributed by atoms with Gasteiger partial charge in [-0.1, -0.05) is 0 Å². The molecule has 1 fully saturated rings. The number of hydrogen-bond donors (Lipinski definition) is 2. The van der Waals surface area contributed by atoms with Crippen molar-refractivity contribution in [3.63, 3.8) is 0 Å². The number of aliphatic hydroxyl groups is 1. The van der Waals surface area contributed by atoms with E-state index in [0.717, 1.165) is 25.8 Å². The van der Waals surface area contributed by atoms with E-state index in [-0.39, 0.29) is 11.9 Å². The molecule has 3 N–H and O–H groups in total. The molecule has 0 spiro atoms. The number of likely N-dealkylation sites (tertiary alicyclic amines) is 1. The van der Waals surface area contributed by atoms with Crippen molar-refractivity contribution in [2.75, 3.05) is 13.1 Å². The SMILES string of the molecule is CC(O)C1CCCCN1C(=O)CCN. The van der Waals surface area contributed by atoms with Gasteiger partial charge >= 0.3 is 0 Å². The van der Waals surface area contributed by atoms with Crippen LogP contribution >= 0.6 is 0 Å². The highest BCUT2D eigenvalue weighted by Crippen LogP contribution is 2.20. The quantitative estimate of drug-likeness (QED) is 0.679. The second-order valence-electron chi connectivity index (χ2n) is 3.93. The van der Waals surface area contributed by atoms with E-state index in [1.165, 1.54) is 0 Å². The molecule has 2 atom stereocenters. The van der Waals surface area contributed by atoms with Gasteiger partial charge in [-0.3, -0.25) is 4.79 Å². The topological polar surface area (TPSA) is 66.6 Å². The zero-order valence-electron chi connectivity index (χ0n) is 8.78. The molecule has 0 bridgehead atoms. The molecule has 0 saturated carbocycles. The second kappa shape index (κ2) is 5.32. The molecule has 4 nitrogen and oxygen atoms in total. The first-order chi connectivity index (χ1) is 6.66. The van der Waals surface area contributed by atoms with Gasteiger partial charge in [-0.25, -0.2) is 0 Å².